The highest BCUT2D eigenvalue weighted by atomic mass is 32.2. The summed E-state index contributed by atoms with van der Waals surface area (Å²) in [5.74, 6) is -0.782. The lowest BCUT2D eigenvalue weighted by Gasteiger charge is -2.08. The van der Waals surface area contributed by atoms with E-state index in [0.717, 1.165) is 48.1 Å². The topological polar surface area (TPSA) is 110 Å². The summed E-state index contributed by atoms with van der Waals surface area (Å²) in [5.41, 5.74) is 3.13. The van der Waals surface area contributed by atoms with E-state index in [-0.39, 0.29) is 30.1 Å². The van der Waals surface area contributed by atoms with Crippen LogP contribution in [0.4, 0.5) is 10.1 Å². The fourth-order valence-corrected chi connectivity index (χ4v) is 6.57. The largest absolute Gasteiger partial charge is 0.462 e. The summed E-state index contributed by atoms with van der Waals surface area (Å²) in [4.78, 5) is 38.9. The summed E-state index contributed by atoms with van der Waals surface area (Å²) >= 11 is 3.90. The second-order valence-electron chi connectivity index (χ2n) is 8.02. The molecule has 35 heavy (non-hydrogen) atoms. The van der Waals surface area contributed by atoms with Crippen LogP contribution in [0.3, 0.4) is 0 Å². The van der Waals surface area contributed by atoms with Gasteiger partial charge in [-0.15, -0.1) is 21.5 Å². The Kier molecular flexibility index (Phi) is 8.53. The number of nitrogens with zero attached hydrogens (tertiary/aromatic N) is 2. The number of hydrogen-bond donors (Lipinski definition) is 2. The molecule has 0 saturated carbocycles. The lowest BCUT2D eigenvalue weighted by atomic mass is 10.1. The van der Waals surface area contributed by atoms with Gasteiger partial charge in [0.25, 0.3) is 5.91 Å². The van der Waals surface area contributed by atoms with Gasteiger partial charge < -0.3 is 10.1 Å². The first-order valence-corrected chi connectivity index (χ1v) is 14.0. The number of nitrogens with one attached hydrogen (secondary N) is 2. The number of carbonyl (C=O) groups excluding carboxylic acids is 3. The van der Waals surface area contributed by atoms with Crippen LogP contribution in [0.5, 0.6) is 0 Å². The molecule has 1 aliphatic rings. The molecule has 2 amide bonds. The molecule has 0 spiro atoms. The quantitative estimate of drug-likeness (QED) is 0.175. The summed E-state index contributed by atoms with van der Waals surface area (Å²) < 4.78 is 5.84. The molecule has 184 valence electrons. The molecule has 0 unspecified atom stereocenters. The van der Waals surface area contributed by atoms with Gasteiger partial charge in [-0.2, -0.15) is 0 Å². The Balaban J connectivity index is 1.37. The summed E-state index contributed by atoms with van der Waals surface area (Å²) in [7, 11) is 0. The van der Waals surface area contributed by atoms with Gasteiger partial charge in [-0.1, -0.05) is 47.2 Å². The van der Waals surface area contributed by atoms with E-state index in [2.05, 4.69) is 20.8 Å². The predicted molar refractivity (Wildman–Crippen MR) is 140 cm³/mol. The molecule has 0 bridgehead atoms. The number of carbonyl (C=O) groups is 3. The van der Waals surface area contributed by atoms with E-state index in [1.807, 2.05) is 19.1 Å². The van der Waals surface area contributed by atoms with Crippen LogP contribution < -0.4 is 10.6 Å². The number of fused-ring (bicyclic) bond motifs is 1. The number of benzene rings is 1. The fraction of sp³-hybridized carbons (Fsp3) is 0.375. The van der Waals surface area contributed by atoms with Crippen LogP contribution >= 0.6 is 34.4 Å². The van der Waals surface area contributed by atoms with E-state index in [1.165, 1.54) is 34.4 Å². The van der Waals surface area contributed by atoms with Crippen molar-refractivity contribution >= 4 is 62.4 Å². The van der Waals surface area contributed by atoms with E-state index in [9.17, 15) is 14.4 Å². The van der Waals surface area contributed by atoms with Gasteiger partial charge in [-0.05, 0) is 57.2 Å². The van der Waals surface area contributed by atoms with Gasteiger partial charge in [0.15, 0.2) is 4.34 Å². The maximum Gasteiger partial charge on any atom is 0.341 e. The Morgan fingerprint density at radius 1 is 1.03 bits per heavy atom. The first-order chi connectivity index (χ1) is 16.9. The minimum atomic E-state index is -0.382. The van der Waals surface area contributed by atoms with Crippen LogP contribution in [-0.2, 0) is 22.4 Å². The van der Waals surface area contributed by atoms with E-state index in [1.54, 1.807) is 19.1 Å². The minimum absolute atomic E-state index is 0.103. The number of thiophene rings is 1. The molecule has 0 fully saturated rings. The van der Waals surface area contributed by atoms with E-state index >= 15 is 0 Å². The molecule has 0 atom stereocenters. The second kappa shape index (κ2) is 11.8. The number of rotatable bonds is 8. The molecule has 2 aromatic heterocycles. The van der Waals surface area contributed by atoms with Crippen LogP contribution in [0.15, 0.2) is 28.6 Å². The number of aromatic nitrogens is 2. The average molecular weight is 531 g/mol. The third-order valence-electron chi connectivity index (χ3n) is 5.42. The van der Waals surface area contributed by atoms with Gasteiger partial charge in [-0.3, -0.25) is 14.9 Å². The highest BCUT2D eigenvalue weighted by Crippen LogP contribution is 2.38. The molecule has 0 radical (unpaired) electrons. The Labute approximate surface area is 215 Å². The highest BCUT2D eigenvalue weighted by molar-refractivity contribution is 8.01. The first-order valence-electron chi connectivity index (χ1n) is 11.4. The number of aryl methyl sites for hydroxylation is 2. The van der Waals surface area contributed by atoms with E-state index < -0.39 is 0 Å². The Morgan fingerprint density at radius 3 is 2.57 bits per heavy atom. The zero-order valence-electron chi connectivity index (χ0n) is 19.5. The molecule has 1 aromatic carbocycles. The third kappa shape index (κ3) is 6.47. The number of amides is 2. The van der Waals surface area contributed by atoms with Crippen LogP contribution in [0.2, 0.25) is 0 Å². The normalized spacial score (nSPS) is 13.0. The van der Waals surface area contributed by atoms with Crippen LogP contribution in [-0.4, -0.2) is 40.3 Å². The summed E-state index contributed by atoms with van der Waals surface area (Å²) in [5, 5.41) is 14.6. The van der Waals surface area contributed by atoms with Crippen molar-refractivity contribution in [3.05, 3.63) is 51.4 Å². The Morgan fingerprint density at radius 2 is 1.80 bits per heavy atom. The zero-order valence-corrected chi connectivity index (χ0v) is 22.0. The van der Waals surface area contributed by atoms with Crippen molar-refractivity contribution in [2.75, 3.05) is 23.0 Å². The molecule has 2 heterocycles. The number of anilines is 2. The van der Waals surface area contributed by atoms with Crippen LogP contribution in [0, 0.1) is 6.92 Å². The molecule has 3 aromatic rings. The molecule has 0 aliphatic heterocycles. The molecular formula is C24H26N4O4S3. The maximum atomic E-state index is 12.7. The van der Waals surface area contributed by atoms with Crippen molar-refractivity contribution in [3.63, 3.8) is 0 Å². The maximum absolute atomic E-state index is 12.7. The van der Waals surface area contributed by atoms with Gasteiger partial charge >= 0.3 is 5.97 Å². The smallest absolute Gasteiger partial charge is 0.341 e. The number of thioether (sulfide) groups is 1. The molecular weight excluding hydrogens is 504 g/mol. The van der Waals surface area contributed by atoms with Gasteiger partial charge in [-0.25, -0.2) is 4.79 Å². The highest BCUT2D eigenvalue weighted by Gasteiger charge is 2.26. The summed E-state index contributed by atoms with van der Waals surface area (Å²) in [6, 6.07) is 7.24. The number of esters is 1. The van der Waals surface area contributed by atoms with Crippen molar-refractivity contribution in [3.8, 4) is 0 Å². The monoisotopic (exact) mass is 530 g/mol. The fourth-order valence-electron chi connectivity index (χ4n) is 3.73. The molecule has 0 saturated heterocycles. The lowest BCUT2D eigenvalue weighted by Crippen LogP contribution is -2.16. The van der Waals surface area contributed by atoms with Crippen molar-refractivity contribution in [2.45, 2.75) is 50.3 Å². The second-order valence-corrected chi connectivity index (χ2v) is 11.3. The zero-order chi connectivity index (χ0) is 24.8. The summed E-state index contributed by atoms with van der Waals surface area (Å²) in [6.07, 6.45) is 4.99. The van der Waals surface area contributed by atoms with Crippen molar-refractivity contribution in [1.82, 2.24) is 10.2 Å². The number of hydrogen-bond acceptors (Lipinski definition) is 9. The van der Waals surface area contributed by atoms with E-state index in [0.29, 0.717) is 25.6 Å². The average Bonchev–Trinajstić information content (AvgIpc) is 3.34. The molecule has 4 rings (SSSR count). The molecule has 11 heteroatoms. The number of ether oxygens (including phenoxy) is 1. The standard InChI is InChI=1S/C24H26N4O4S3/c1-3-32-22(31)19-16-7-5-4-6-8-17(16)34-21(19)25-18(29)13-33-24-28-27-23(35-24)26-20(30)15-11-9-14(2)10-12-15/h9-12H,3-8,13H2,1-2H3,(H,25,29)(H,26,27,30). The predicted octanol–water partition coefficient (Wildman–Crippen LogP) is 5.34. The van der Waals surface area contributed by atoms with E-state index in [4.69, 9.17) is 4.74 Å². The van der Waals surface area contributed by atoms with Crippen molar-refractivity contribution < 1.29 is 19.1 Å². The summed E-state index contributed by atoms with van der Waals surface area (Å²) in [6.45, 7) is 4.02. The molecule has 2 N–H and O–H groups in total. The van der Waals surface area contributed by atoms with Crippen molar-refractivity contribution in [2.24, 2.45) is 0 Å². The Bertz CT molecular complexity index is 1220. The van der Waals surface area contributed by atoms with Gasteiger partial charge in [0, 0.05) is 10.4 Å². The third-order valence-corrected chi connectivity index (χ3v) is 8.60. The first kappa shape index (κ1) is 25.3. The molecule has 8 nitrogen and oxygen atoms in total. The Hall–Kier alpha value is -2.76. The minimum Gasteiger partial charge on any atom is -0.462 e. The lowest BCUT2D eigenvalue weighted by molar-refractivity contribution is -0.113. The van der Waals surface area contributed by atoms with Crippen LogP contribution in [0.25, 0.3) is 0 Å². The van der Waals surface area contributed by atoms with Crippen LogP contribution in [0.1, 0.15) is 62.9 Å². The van der Waals surface area contributed by atoms with Gasteiger partial charge in [0.05, 0.1) is 17.9 Å². The van der Waals surface area contributed by atoms with Gasteiger partial charge in [0.1, 0.15) is 5.00 Å². The SMILES string of the molecule is CCOC(=O)c1c(NC(=O)CSc2nnc(NC(=O)c3ccc(C)cc3)s2)sc2c1CCCCC2. The van der Waals surface area contributed by atoms with Crippen molar-refractivity contribution in [1.29, 1.82) is 0 Å². The molecule has 1 aliphatic carbocycles. The van der Waals surface area contributed by atoms with Gasteiger partial charge in [0.2, 0.25) is 11.0 Å².